The Kier molecular flexibility index (Phi) is 4.27. The van der Waals surface area contributed by atoms with Crippen LogP contribution in [0, 0.1) is 0 Å². The second-order valence-corrected chi connectivity index (χ2v) is 4.64. The number of alkyl halides is 3. The first-order chi connectivity index (χ1) is 10.2. The van der Waals surface area contributed by atoms with Gasteiger partial charge in [-0.2, -0.15) is 13.2 Å². The van der Waals surface area contributed by atoms with Crippen LogP contribution < -0.4 is 4.74 Å². The van der Waals surface area contributed by atoms with Crippen LogP contribution in [0.4, 0.5) is 13.2 Å². The van der Waals surface area contributed by atoms with Gasteiger partial charge >= 0.3 is 12.1 Å². The number of methoxy groups -OCH3 is 1. The van der Waals surface area contributed by atoms with Crippen molar-refractivity contribution in [2.75, 3.05) is 7.11 Å². The third-order valence-electron chi connectivity index (χ3n) is 2.91. The molecule has 4 nitrogen and oxygen atoms in total. The molecule has 0 bridgehead atoms. The number of nitrogens with zero attached hydrogens (tertiary/aromatic N) is 1. The molecule has 0 aliphatic carbocycles. The van der Waals surface area contributed by atoms with Crippen LogP contribution in [0.3, 0.4) is 0 Å². The first-order valence-corrected chi connectivity index (χ1v) is 6.26. The molecule has 1 heterocycles. The predicted octanol–water partition coefficient (Wildman–Crippen LogP) is 4.13. The second-order valence-electron chi connectivity index (χ2n) is 4.28. The highest BCUT2D eigenvalue weighted by Gasteiger charge is 2.34. The number of pyridine rings is 1. The summed E-state index contributed by atoms with van der Waals surface area (Å²) in [5, 5.41) is 8.74. The molecular weight excluding hydrogens is 323 g/mol. The smallest absolute Gasteiger partial charge is 0.419 e. The number of carboxylic acid groups (broad SMARTS) is 1. The van der Waals surface area contributed by atoms with E-state index in [0.717, 1.165) is 19.2 Å². The lowest BCUT2D eigenvalue weighted by Gasteiger charge is -2.13. The van der Waals surface area contributed by atoms with Crippen LogP contribution in [-0.2, 0) is 6.18 Å². The van der Waals surface area contributed by atoms with Crippen molar-refractivity contribution in [1.82, 2.24) is 4.98 Å². The van der Waals surface area contributed by atoms with Gasteiger partial charge in [-0.15, -0.1) is 0 Å². The molecular formula is C14H9ClF3NO3. The zero-order valence-electron chi connectivity index (χ0n) is 11.1. The Morgan fingerprint density at radius 2 is 1.95 bits per heavy atom. The average Bonchev–Trinajstić information content (AvgIpc) is 2.46. The van der Waals surface area contributed by atoms with Crippen molar-refractivity contribution in [3.8, 4) is 16.9 Å². The van der Waals surface area contributed by atoms with Crippen LogP contribution in [0.1, 0.15) is 15.9 Å². The summed E-state index contributed by atoms with van der Waals surface area (Å²) in [5.74, 6) is -1.64. The molecule has 0 unspecified atom stereocenters. The number of hydrogen-bond donors (Lipinski definition) is 1. The van der Waals surface area contributed by atoms with Crippen LogP contribution in [0.5, 0.6) is 5.75 Å². The maximum absolute atomic E-state index is 13.0. The van der Waals surface area contributed by atoms with E-state index in [-0.39, 0.29) is 27.6 Å². The molecule has 116 valence electrons. The van der Waals surface area contributed by atoms with Crippen molar-refractivity contribution in [1.29, 1.82) is 0 Å². The van der Waals surface area contributed by atoms with Crippen LogP contribution >= 0.6 is 11.6 Å². The van der Waals surface area contributed by atoms with E-state index in [1.165, 1.54) is 18.3 Å². The number of carbonyl (C=O) groups is 1. The Morgan fingerprint density at radius 1 is 1.27 bits per heavy atom. The Hall–Kier alpha value is -2.28. The largest absolute Gasteiger partial charge is 0.496 e. The highest BCUT2D eigenvalue weighted by Crippen LogP contribution is 2.38. The Labute approximate surface area is 128 Å². The van der Waals surface area contributed by atoms with Crippen molar-refractivity contribution in [3.05, 3.63) is 46.7 Å². The lowest BCUT2D eigenvalue weighted by atomic mass is 10.0. The van der Waals surface area contributed by atoms with Gasteiger partial charge < -0.3 is 9.84 Å². The van der Waals surface area contributed by atoms with Gasteiger partial charge in [-0.05, 0) is 23.8 Å². The number of aromatic nitrogens is 1. The van der Waals surface area contributed by atoms with Crippen molar-refractivity contribution in [2.45, 2.75) is 6.18 Å². The Morgan fingerprint density at radius 3 is 2.50 bits per heavy atom. The summed E-state index contributed by atoms with van der Waals surface area (Å²) in [6, 6.07) is 4.58. The first kappa shape index (κ1) is 16.1. The zero-order chi connectivity index (χ0) is 16.5. The normalized spacial score (nSPS) is 11.3. The highest BCUT2D eigenvalue weighted by atomic mass is 35.5. The molecule has 0 radical (unpaired) electrons. The molecule has 8 heteroatoms. The number of carboxylic acids is 1. The molecule has 0 aliphatic rings. The zero-order valence-corrected chi connectivity index (χ0v) is 11.9. The van der Waals surface area contributed by atoms with Crippen LogP contribution in [0.15, 0.2) is 30.5 Å². The summed E-state index contributed by atoms with van der Waals surface area (Å²) in [5.41, 5.74) is -0.891. The van der Waals surface area contributed by atoms with Crippen LogP contribution in [0.2, 0.25) is 5.15 Å². The lowest BCUT2D eigenvalue weighted by Crippen LogP contribution is -2.07. The number of halogens is 4. The third kappa shape index (κ3) is 3.14. The van der Waals surface area contributed by atoms with Crippen molar-refractivity contribution in [2.24, 2.45) is 0 Å². The van der Waals surface area contributed by atoms with Gasteiger partial charge in [0.05, 0.1) is 18.2 Å². The predicted molar refractivity (Wildman–Crippen MR) is 73.2 cm³/mol. The van der Waals surface area contributed by atoms with Gasteiger partial charge in [0, 0.05) is 11.8 Å². The minimum atomic E-state index is -4.60. The van der Waals surface area contributed by atoms with E-state index < -0.39 is 17.7 Å². The molecule has 2 aromatic rings. The van der Waals surface area contributed by atoms with Gasteiger partial charge in [0.15, 0.2) is 0 Å². The van der Waals surface area contributed by atoms with E-state index in [1.54, 1.807) is 0 Å². The molecule has 22 heavy (non-hydrogen) atoms. The summed E-state index contributed by atoms with van der Waals surface area (Å²) < 4.78 is 43.7. The van der Waals surface area contributed by atoms with E-state index in [2.05, 4.69) is 4.98 Å². The van der Waals surface area contributed by atoms with E-state index in [9.17, 15) is 18.0 Å². The molecule has 1 N–H and O–H groups in total. The Bertz CT molecular complexity index is 732. The second kappa shape index (κ2) is 5.84. The SMILES string of the molecule is COc1ccc(-c2cnc(Cl)c(C(=O)O)c2)cc1C(F)(F)F. The van der Waals surface area contributed by atoms with Gasteiger partial charge in [0.1, 0.15) is 10.9 Å². The van der Waals surface area contributed by atoms with Gasteiger partial charge in [-0.25, -0.2) is 9.78 Å². The minimum absolute atomic E-state index is 0.153. The molecule has 0 amide bonds. The van der Waals surface area contributed by atoms with Crippen molar-refractivity contribution < 1.29 is 27.8 Å². The average molecular weight is 332 g/mol. The molecule has 1 aromatic carbocycles. The number of ether oxygens (including phenoxy) is 1. The highest BCUT2D eigenvalue weighted by molar-refractivity contribution is 6.32. The number of benzene rings is 1. The molecule has 0 fully saturated rings. The molecule has 1 aromatic heterocycles. The quantitative estimate of drug-likeness (QED) is 0.859. The Balaban J connectivity index is 2.59. The maximum atomic E-state index is 13.0. The van der Waals surface area contributed by atoms with Crippen LogP contribution in [-0.4, -0.2) is 23.2 Å². The van der Waals surface area contributed by atoms with Gasteiger partial charge in [0.25, 0.3) is 0 Å². The number of aromatic carboxylic acids is 1. The number of rotatable bonds is 3. The summed E-state index contributed by atoms with van der Waals surface area (Å²) >= 11 is 5.64. The summed E-state index contributed by atoms with van der Waals surface area (Å²) in [6.07, 6.45) is -3.40. The molecule has 0 spiro atoms. The van der Waals surface area contributed by atoms with E-state index in [0.29, 0.717) is 0 Å². The summed E-state index contributed by atoms with van der Waals surface area (Å²) in [6.45, 7) is 0. The van der Waals surface area contributed by atoms with Gasteiger partial charge in [-0.1, -0.05) is 17.7 Å². The molecule has 0 aliphatic heterocycles. The van der Waals surface area contributed by atoms with E-state index in [1.807, 2.05) is 0 Å². The van der Waals surface area contributed by atoms with Crippen molar-refractivity contribution >= 4 is 17.6 Å². The fraction of sp³-hybridized carbons (Fsp3) is 0.143. The maximum Gasteiger partial charge on any atom is 0.419 e. The van der Waals surface area contributed by atoms with Crippen LogP contribution in [0.25, 0.3) is 11.1 Å². The van der Waals surface area contributed by atoms with Gasteiger partial charge in [0.2, 0.25) is 0 Å². The minimum Gasteiger partial charge on any atom is -0.496 e. The van der Waals surface area contributed by atoms with E-state index in [4.69, 9.17) is 21.4 Å². The monoisotopic (exact) mass is 331 g/mol. The fourth-order valence-electron chi connectivity index (χ4n) is 1.86. The van der Waals surface area contributed by atoms with E-state index >= 15 is 0 Å². The van der Waals surface area contributed by atoms with Crippen molar-refractivity contribution in [3.63, 3.8) is 0 Å². The lowest BCUT2D eigenvalue weighted by molar-refractivity contribution is -0.138. The third-order valence-corrected chi connectivity index (χ3v) is 3.21. The summed E-state index contributed by atoms with van der Waals surface area (Å²) in [4.78, 5) is 14.7. The first-order valence-electron chi connectivity index (χ1n) is 5.88. The molecule has 0 atom stereocenters. The van der Waals surface area contributed by atoms with Gasteiger partial charge in [-0.3, -0.25) is 0 Å². The molecule has 0 saturated heterocycles. The summed E-state index contributed by atoms with van der Waals surface area (Å²) in [7, 11) is 1.14. The standard InChI is InChI=1S/C14H9ClF3NO3/c1-22-11-3-2-7(5-10(11)14(16,17)18)8-4-9(13(20)21)12(15)19-6-8/h2-6H,1H3,(H,20,21). The topological polar surface area (TPSA) is 59.4 Å². The number of hydrogen-bond acceptors (Lipinski definition) is 3. The molecule has 2 rings (SSSR count). The fourth-order valence-corrected chi connectivity index (χ4v) is 2.05. The molecule has 0 saturated carbocycles.